The van der Waals surface area contributed by atoms with Crippen LogP contribution in [0.1, 0.15) is 18.1 Å². The van der Waals surface area contributed by atoms with E-state index in [2.05, 4.69) is 0 Å². The van der Waals surface area contributed by atoms with Crippen molar-refractivity contribution in [2.24, 2.45) is 0 Å². The predicted molar refractivity (Wildman–Crippen MR) is 63.0 cm³/mol. The number of halogens is 1. The molecule has 0 radical (unpaired) electrons. The molecule has 16 heavy (non-hydrogen) atoms. The lowest BCUT2D eigenvalue weighted by Crippen LogP contribution is -1.99. The van der Waals surface area contributed by atoms with Crippen LogP contribution in [-0.2, 0) is 16.1 Å². The third kappa shape index (κ3) is 3.68. The van der Waals surface area contributed by atoms with Gasteiger partial charge in [-0.1, -0.05) is 17.7 Å². The Morgan fingerprint density at radius 1 is 1.56 bits per heavy atom. The summed E-state index contributed by atoms with van der Waals surface area (Å²) in [5.74, 6) is -0.402. The second-order valence-electron chi connectivity index (χ2n) is 3.09. The van der Waals surface area contributed by atoms with Gasteiger partial charge in [0.05, 0.1) is 13.2 Å². The maximum atomic E-state index is 11.1. The van der Waals surface area contributed by atoms with E-state index in [4.69, 9.17) is 21.4 Å². The van der Waals surface area contributed by atoms with Gasteiger partial charge in [-0.2, -0.15) is 0 Å². The summed E-state index contributed by atoms with van der Waals surface area (Å²) in [5.41, 5.74) is 1.42. The van der Waals surface area contributed by atoms with Crippen LogP contribution in [-0.4, -0.2) is 17.7 Å². The molecule has 86 valence electrons. The Kier molecular flexibility index (Phi) is 5.02. The fourth-order valence-electron chi connectivity index (χ4n) is 1.22. The molecule has 0 aromatic heterocycles. The molecule has 3 nitrogen and oxygen atoms in total. The number of hydrogen-bond donors (Lipinski definition) is 1. The number of ether oxygens (including phenoxy) is 1. The molecular weight excluding hydrogens is 228 g/mol. The van der Waals surface area contributed by atoms with Crippen molar-refractivity contribution in [3.63, 3.8) is 0 Å². The van der Waals surface area contributed by atoms with E-state index in [9.17, 15) is 4.79 Å². The summed E-state index contributed by atoms with van der Waals surface area (Å²) in [6.45, 7) is 1.97. The van der Waals surface area contributed by atoms with Gasteiger partial charge in [-0.15, -0.1) is 0 Å². The second-order valence-corrected chi connectivity index (χ2v) is 3.52. The molecule has 0 spiro atoms. The standard InChI is InChI=1S/C12H13ClO3/c1-2-16-12(15)6-4-9-3-5-11(13)7-10(9)8-14/h3-7,14H,2,8H2,1H3. The maximum absolute atomic E-state index is 11.1. The van der Waals surface area contributed by atoms with Crippen LogP contribution in [0.2, 0.25) is 5.02 Å². The summed E-state index contributed by atoms with van der Waals surface area (Å²) in [7, 11) is 0. The third-order valence-electron chi connectivity index (χ3n) is 1.96. The predicted octanol–water partition coefficient (Wildman–Crippen LogP) is 2.41. The van der Waals surface area contributed by atoms with Crippen molar-refractivity contribution in [1.29, 1.82) is 0 Å². The van der Waals surface area contributed by atoms with Crippen molar-refractivity contribution in [1.82, 2.24) is 0 Å². The van der Waals surface area contributed by atoms with Crippen LogP contribution in [0.4, 0.5) is 0 Å². The summed E-state index contributed by atoms with van der Waals surface area (Å²) < 4.78 is 4.75. The highest BCUT2D eigenvalue weighted by atomic mass is 35.5. The number of carbonyl (C=O) groups excluding carboxylic acids is 1. The van der Waals surface area contributed by atoms with Crippen LogP contribution < -0.4 is 0 Å². The van der Waals surface area contributed by atoms with Crippen molar-refractivity contribution in [2.45, 2.75) is 13.5 Å². The third-order valence-corrected chi connectivity index (χ3v) is 2.20. The van der Waals surface area contributed by atoms with Crippen LogP contribution >= 0.6 is 11.6 Å². The van der Waals surface area contributed by atoms with Gasteiger partial charge in [0.25, 0.3) is 0 Å². The van der Waals surface area contributed by atoms with Crippen LogP contribution in [0, 0.1) is 0 Å². The van der Waals surface area contributed by atoms with Crippen molar-refractivity contribution in [2.75, 3.05) is 6.61 Å². The highest BCUT2D eigenvalue weighted by Gasteiger charge is 2.00. The molecule has 4 heteroatoms. The zero-order chi connectivity index (χ0) is 12.0. The lowest BCUT2D eigenvalue weighted by Gasteiger charge is -2.03. The first-order valence-electron chi connectivity index (χ1n) is 4.91. The Balaban J connectivity index is 2.84. The van der Waals surface area contributed by atoms with Crippen LogP contribution in [0.3, 0.4) is 0 Å². The molecule has 0 aliphatic heterocycles. The van der Waals surface area contributed by atoms with Crippen molar-refractivity contribution < 1.29 is 14.6 Å². The van der Waals surface area contributed by atoms with E-state index >= 15 is 0 Å². The Bertz CT molecular complexity index is 399. The van der Waals surface area contributed by atoms with E-state index in [1.54, 1.807) is 31.2 Å². The number of carbonyl (C=O) groups is 1. The highest BCUT2D eigenvalue weighted by Crippen LogP contribution is 2.17. The minimum Gasteiger partial charge on any atom is -0.463 e. The topological polar surface area (TPSA) is 46.5 Å². The molecule has 0 heterocycles. The summed E-state index contributed by atoms with van der Waals surface area (Å²) >= 11 is 5.78. The van der Waals surface area contributed by atoms with E-state index in [1.165, 1.54) is 6.08 Å². The molecule has 0 aliphatic rings. The van der Waals surface area contributed by atoms with Gasteiger partial charge in [0, 0.05) is 11.1 Å². The minimum absolute atomic E-state index is 0.122. The molecule has 0 fully saturated rings. The highest BCUT2D eigenvalue weighted by molar-refractivity contribution is 6.30. The minimum atomic E-state index is -0.402. The molecule has 0 saturated carbocycles. The normalized spacial score (nSPS) is 10.7. The van der Waals surface area contributed by atoms with Gasteiger partial charge in [-0.3, -0.25) is 0 Å². The number of rotatable bonds is 4. The maximum Gasteiger partial charge on any atom is 0.330 e. The molecule has 0 unspecified atom stereocenters. The SMILES string of the molecule is CCOC(=O)C=Cc1ccc(Cl)cc1CO. The fraction of sp³-hybridized carbons (Fsp3) is 0.250. The fourth-order valence-corrected chi connectivity index (χ4v) is 1.42. The van der Waals surface area contributed by atoms with Crippen molar-refractivity contribution in [3.8, 4) is 0 Å². The van der Waals surface area contributed by atoms with E-state index < -0.39 is 5.97 Å². The van der Waals surface area contributed by atoms with Crippen molar-refractivity contribution in [3.05, 3.63) is 40.4 Å². The first kappa shape index (κ1) is 12.7. The van der Waals surface area contributed by atoms with Gasteiger partial charge in [0.2, 0.25) is 0 Å². The van der Waals surface area contributed by atoms with Gasteiger partial charge < -0.3 is 9.84 Å². The average Bonchev–Trinajstić information content (AvgIpc) is 2.27. The lowest BCUT2D eigenvalue weighted by molar-refractivity contribution is -0.137. The number of aliphatic hydroxyl groups is 1. The Morgan fingerprint density at radius 2 is 2.31 bits per heavy atom. The number of esters is 1. The van der Waals surface area contributed by atoms with Gasteiger partial charge >= 0.3 is 5.97 Å². The van der Waals surface area contributed by atoms with Gasteiger partial charge in [-0.05, 0) is 36.3 Å². The van der Waals surface area contributed by atoms with Crippen LogP contribution in [0.15, 0.2) is 24.3 Å². The largest absolute Gasteiger partial charge is 0.463 e. The molecule has 1 rings (SSSR count). The average molecular weight is 241 g/mol. The summed E-state index contributed by atoms with van der Waals surface area (Å²) in [6.07, 6.45) is 2.92. The second kappa shape index (κ2) is 6.30. The summed E-state index contributed by atoms with van der Waals surface area (Å²) in [4.78, 5) is 11.1. The lowest BCUT2D eigenvalue weighted by atomic mass is 10.1. The smallest absolute Gasteiger partial charge is 0.330 e. The van der Waals surface area contributed by atoms with Gasteiger partial charge in [0.15, 0.2) is 0 Å². The first-order valence-corrected chi connectivity index (χ1v) is 5.29. The molecule has 0 aliphatic carbocycles. The molecule has 0 amide bonds. The Hall–Kier alpha value is -1.32. The van der Waals surface area contributed by atoms with E-state index in [-0.39, 0.29) is 6.61 Å². The number of aliphatic hydroxyl groups excluding tert-OH is 1. The van der Waals surface area contributed by atoms with Gasteiger partial charge in [0.1, 0.15) is 0 Å². The van der Waals surface area contributed by atoms with E-state index in [0.717, 1.165) is 5.56 Å². The van der Waals surface area contributed by atoms with Crippen LogP contribution in [0.25, 0.3) is 6.08 Å². The molecule has 0 atom stereocenters. The molecule has 1 aromatic rings. The van der Waals surface area contributed by atoms with Crippen molar-refractivity contribution >= 4 is 23.6 Å². The number of benzene rings is 1. The monoisotopic (exact) mass is 240 g/mol. The first-order chi connectivity index (χ1) is 7.67. The van der Waals surface area contributed by atoms with Crippen LogP contribution in [0.5, 0.6) is 0 Å². The molecular formula is C12H13ClO3. The van der Waals surface area contributed by atoms with Gasteiger partial charge in [-0.25, -0.2) is 4.79 Å². The summed E-state index contributed by atoms with van der Waals surface area (Å²) in [5, 5.41) is 9.66. The summed E-state index contributed by atoms with van der Waals surface area (Å²) in [6, 6.07) is 5.10. The number of hydrogen-bond acceptors (Lipinski definition) is 3. The Labute approximate surface area is 99.3 Å². The van der Waals surface area contributed by atoms with E-state index in [1.807, 2.05) is 0 Å². The Morgan fingerprint density at radius 3 is 2.94 bits per heavy atom. The van der Waals surface area contributed by atoms with E-state index in [0.29, 0.717) is 17.2 Å². The molecule has 1 N–H and O–H groups in total. The molecule has 1 aromatic carbocycles. The molecule has 0 bridgehead atoms. The zero-order valence-corrected chi connectivity index (χ0v) is 9.70. The zero-order valence-electron chi connectivity index (χ0n) is 8.94. The quantitative estimate of drug-likeness (QED) is 0.649. The molecule has 0 saturated heterocycles.